The monoisotopic (exact) mass is 282 g/mol. The summed E-state index contributed by atoms with van der Waals surface area (Å²) in [5.74, 6) is 0. The summed E-state index contributed by atoms with van der Waals surface area (Å²) in [5, 5.41) is 9.11. The molecule has 8 heteroatoms. The molecule has 0 aromatic carbocycles. The normalized spacial score (nSPS) is 22.8. The highest BCUT2D eigenvalue weighted by molar-refractivity contribution is 7.91. The molecule has 1 atom stereocenters. The van der Waals surface area contributed by atoms with Gasteiger partial charge in [-0.3, -0.25) is 0 Å². The van der Waals surface area contributed by atoms with Gasteiger partial charge in [-0.15, -0.1) is 0 Å². The highest BCUT2D eigenvalue weighted by Gasteiger charge is 2.35. The van der Waals surface area contributed by atoms with Crippen molar-refractivity contribution in [2.45, 2.75) is 23.1 Å². The van der Waals surface area contributed by atoms with Crippen LogP contribution in [0, 0.1) is 0 Å². The first kappa shape index (κ1) is 12.3. The summed E-state index contributed by atoms with van der Waals surface area (Å²) in [5.41, 5.74) is 0. The van der Waals surface area contributed by atoms with Crippen molar-refractivity contribution in [2.75, 3.05) is 13.2 Å². The van der Waals surface area contributed by atoms with Gasteiger partial charge in [0.25, 0.3) is 10.0 Å². The zero-order valence-electron chi connectivity index (χ0n) is 8.34. The van der Waals surface area contributed by atoms with Crippen molar-refractivity contribution in [3.8, 4) is 0 Å². The van der Waals surface area contributed by atoms with Crippen LogP contribution in [0.4, 0.5) is 0 Å². The fraction of sp³-hybridized carbons (Fsp3) is 0.625. The van der Waals surface area contributed by atoms with Crippen molar-refractivity contribution in [2.24, 2.45) is 0 Å². The molecule has 90 valence electrons. The van der Waals surface area contributed by atoms with Crippen molar-refractivity contribution in [1.29, 1.82) is 0 Å². The number of halogens is 1. The third-order valence-electron chi connectivity index (χ3n) is 2.55. The lowest BCUT2D eigenvalue weighted by Gasteiger charge is -2.20. The average Bonchev–Trinajstić information content (AvgIpc) is 2.85. The fourth-order valence-electron chi connectivity index (χ4n) is 1.78. The third-order valence-corrected chi connectivity index (χ3v) is 6.06. The van der Waals surface area contributed by atoms with Gasteiger partial charge in [0.05, 0.1) is 12.8 Å². The molecule has 5 nitrogen and oxygen atoms in total. The first-order chi connectivity index (χ1) is 7.55. The van der Waals surface area contributed by atoms with Crippen LogP contribution in [0.2, 0.25) is 4.47 Å². The van der Waals surface area contributed by atoms with Crippen molar-refractivity contribution in [3.05, 3.63) is 10.7 Å². The number of sulfonamides is 1. The van der Waals surface area contributed by atoms with Gasteiger partial charge in [0.15, 0.2) is 8.68 Å². The van der Waals surface area contributed by atoms with Gasteiger partial charge in [-0.25, -0.2) is 13.4 Å². The van der Waals surface area contributed by atoms with Crippen LogP contribution in [0.25, 0.3) is 0 Å². The molecule has 2 heterocycles. The second-order valence-electron chi connectivity index (χ2n) is 3.53. The first-order valence-corrected chi connectivity index (χ1v) is 7.43. The highest BCUT2D eigenvalue weighted by atomic mass is 35.5. The van der Waals surface area contributed by atoms with E-state index in [9.17, 15) is 8.42 Å². The molecule has 2 rings (SSSR count). The van der Waals surface area contributed by atoms with Gasteiger partial charge in [0.2, 0.25) is 0 Å². The molecule has 0 radical (unpaired) electrons. The Hall–Kier alpha value is -0.210. The molecule has 1 aliphatic heterocycles. The largest absolute Gasteiger partial charge is 0.395 e. The maximum Gasteiger partial charge on any atom is 0.254 e. The number of aliphatic hydroxyl groups is 1. The number of aliphatic hydroxyl groups excluding tert-OH is 1. The van der Waals surface area contributed by atoms with E-state index in [2.05, 4.69) is 4.98 Å². The molecule has 1 aromatic heterocycles. The predicted octanol–water partition coefficient (Wildman–Crippen LogP) is 0.942. The Labute approximate surface area is 103 Å². The minimum absolute atomic E-state index is 0.137. The van der Waals surface area contributed by atoms with Crippen molar-refractivity contribution >= 4 is 33.0 Å². The lowest BCUT2D eigenvalue weighted by molar-refractivity contribution is 0.213. The molecule has 0 bridgehead atoms. The van der Waals surface area contributed by atoms with Gasteiger partial charge < -0.3 is 5.11 Å². The quantitative estimate of drug-likeness (QED) is 0.896. The second kappa shape index (κ2) is 4.58. The van der Waals surface area contributed by atoms with Crippen LogP contribution in [-0.4, -0.2) is 42.0 Å². The van der Waals surface area contributed by atoms with E-state index in [4.69, 9.17) is 16.7 Å². The highest BCUT2D eigenvalue weighted by Crippen LogP contribution is 2.30. The molecular weight excluding hydrogens is 272 g/mol. The second-order valence-corrected chi connectivity index (χ2v) is 7.26. The third kappa shape index (κ3) is 2.10. The van der Waals surface area contributed by atoms with E-state index in [1.54, 1.807) is 0 Å². The summed E-state index contributed by atoms with van der Waals surface area (Å²) in [4.78, 5) is 3.72. The number of thiazole rings is 1. The van der Waals surface area contributed by atoms with E-state index >= 15 is 0 Å². The number of nitrogens with zero attached hydrogens (tertiary/aromatic N) is 2. The molecular formula is C8H11ClN2O3S2. The van der Waals surface area contributed by atoms with Crippen molar-refractivity contribution in [1.82, 2.24) is 9.29 Å². The van der Waals surface area contributed by atoms with Crippen LogP contribution in [0.5, 0.6) is 0 Å². The summed E-state index contributed by atoms with van der Waals surface area (Å²) in [6.45, 7) is 0.300. The van der Waals surface area contributed by atoms with Crippen LogP contribution in [-0.2, 0) is 10.0 Å². The fourth-order valence-corrected chi connectivity index (χ4v) is 4.89. The van der Waals surface area contributed by atoms with Crippen LogP contribution in [0.3, 0.4) is 0 Å². The summed E-state index contributed by atoms with van der Waals surface area (Å²) in [6.07, 6.45) is 2.73. The Morgan fingerprint density at radius 2 is 2.44 bits per heavy atom. The summed E-state index contributed by atoms with van der Waals surface area (Å²) in [7, 11) is -3.53. The lowest BCUT2D eigenvalue weighted by Crippen LogP contribution is -2.37. The number of aromatic nitrogens is 1. The number of rotatable bonds is 3. The van der Waals surface area contributed by atoms with Gasteiger partial charge in [-0.1, -0.05) is 22.9 Å². The van der Waals surface area contributed by atoms with Crippen LogP contribution < -0.4 is 0 Å². The lowest BCUT2D eigenvalue weighted by atomic mass is 10.2. The Balaban J connectivity index is 2.32. The maximum absolute atomic E-state index is 12.1. The van der Waals surface area contributed by atoms with Gasteiger partial charge in [-0.05, 0) is 12.8 Å². The SMILES string of the molecule is O=S(=O)(c1cnc(Cl)s1)N1CCC[C@H]1CO. The van der Waals surface area contributed by atoms with E-state index in [-0.39, 0.29) is 21.3 Å². The zero-order valence-corrected chi connectivity index (χ0v) is 10.7. The average molecular weight is 283 g/mol. The first-order valence-electron chi connectivity index (χ1n) is 4.79. The minimum atomic E-state index is -3.53. The predicted molar refractivity (Wildman–Crippen MR) is 61.1 cm³/mol. The molecule has 0 aliphatic carbocycles. The molecule has 16 heavy (non-hydrogen) atoms. The van der Waals surface area contributed by atoms with E-state index < -0.39 is 10.0 Å². The molecule has 1 fully saturated rings. The number of hydrogen-bond donors (Lipinski definition) is 1. The minimum Gasteiger partial charge on any atom is -0.395 e. The molecule has 0 unspecified atom stereocenters. The Bertz CT molecular complexity index is 473. The molecule has 1 saturated heterocycles. The topological polar surface area (TPSA) is 70.5 Å². The Morgan fingerprint density at radius 3 is 3.00 bits per heavy atom. The summed E-state index contributed by atoms with van der Waals surface area (Å²) >= 11 is 6.56. The van der Waals surface area contributed by atoms with E-state index in [1.165, 1.54) is 10.5 Å². The smallest absolute Gasteiger partial charge is 0.254 e. The Morgan fingerprint density at radius 1 is 1.69 bits per heavy atom. The van der Waals surface area contributed by atoms with Gasteiger partial charge in [-0.2, -0.15) is 4.31 Å². The summed E-state index contributed by atoms with van der Waals surface area (Å²) in [6, 6.07) is -0.314. The standard InChI is InChI=1S/C8H11ClN2O3S2/c9-8-10-4-7(15-8)16(13,14)11-3-1-2-6(11)5-12/h4,6,12H,1-3,5H2/t6-/m0/s1. The van der Waals surface area contributed by atoms with Gasteiger partial charge >= 0.3 is 0 Å². The van der Waals surface area contributed by atoms with E-state index in [1.807, 2.05) is 0 Å². The van der Waals surface area contributed by atoms with E-state index in [0.717, 1.165) is 17.8 Å². The Kier molecular flexibility index (Phi) is 3.50. The van der Waals surface area contributed by atoms with Gasteiger partial charge in [0, 0.05) is 12.6 Å². The van der Waals surface area contributed by atoms with Crippen LogP contribution in [0.1, 0.15) is 12.8 Å². The molecule has 0 spiro atoms. The van der Waals surface area contributed by atoms with E-state index in [0.29, 0.717) is 13.0 Å². The van der Waals surface area contributed by atoms with Gasteiger partial charge in [0.1, 0.15) is 0 Å². The molecule has 0 amide bonds. The molecule has 1 aromatic rings. The molecule has 1 N–H and O–H groups in total. The summed E-state index contributed by atoms with van der Waals surface area (Å²) < 4.78 is 26.0. The molecule has 1 aliphatic rings. The van der Waals surface area contributed by atoms with Crippen molar-refractivity contribution < 1.29 is 13.5 Å². The van der Waals surface area contributed by atoms with Crippen molar-refractivity contribution in [3.63, 3.8) is 0 Å². The zero-order chi connectivity index (χ0) is 11.8. The van der Waals surface area contributed by atoms with Crippen LogP contribution in [0.15, 0.2) is 10.4 Å². The number of hydrogen-bond acceptors (Lipinski definition) is 5. The van der Waals surface area contributed by atoms with Crippen LogP contribution >= 0.6 is 22.9 Å². The molecule has 0 saturated carbocycles. The maximum atomic E-state index is 12.1.